The van der Waals surface area contributed by atoms with E-state index in [1.165, 1.54) is 5.56 Å². The number of rotatable bonds is 11. The van der Waals surface area contributed by atoms with Gasteiger partial charge < -0.3 is 21.5 Å². The number of carbonyl (C=O) groups excluding carboxylic acids is 1. The summed E-state index contributed by atoms with van der Waals surface area (Å²) >= 11 is 0. The summed E-state index contributed by atoms with van der Waals surface area (Å²) in [5.74, 6) is 4.58. The number of nitriles is 1. The van der Waals surface area contributed by atoms with Gasteiger partial charge in [-0.1, -0.05) is 74.5 Å². The lowest BCUT2D eigenvalue weighted by atomic mass is 10.0. The van der Waals surface area contributed by atoms with Crippen molar-refractivity contribution < 1.29 is 9.53 Å². The van der Waals surface area contributed by atoms with E-state index in [9.17, 15) is 4.79 Å². The second-order valence-electron chi connectivity index (χ2n) is 8.13. The molecule has 2 rings (SSSR count). The molecule has 0 spiro atoms. The molecule has 0 saturated carbocycles. The maximum Gasteiger partial charge on any atom is 0.240 e. The summed E-state index contributed by atoms with van der Waals surface area (Å²) in [5.41, 5.74) is 14.8. The summed E-state index contributed by atoms with van der Waals surface area (Å²) in [6.07, 6.45) is 0.752. The molecule has 9 N–H and O–H groups in total. The molecule has 35 heavy (non-hydrogen) atoms. The van der Waals surface area contributed by atoms with Crippen LogP contribution in [0.2, 0.25) is 0 Å². The molecule has 1 unspecified atom stereocenters. The number of nitrogens with zero attached hydrogens (tertiary/aromatic N) is 1. The Kier molecular flexibility index (Phi) is 16.4. The molecule has 0 saturated heterocycles. The third kappa shape index (κ3) is 14.6. The standard InChI is InChI=1S/C14H22N4O2.C10H13N3.C2H6/c1-14(2,17)13(19)18-11(12(15)16)9-20-8-10-6-4-3-5-7-10;11-7-10(8-13-12)6-9-4-2-1-3-5-9;1-2/h3-7,11H,8-9,17H2,1-2H3,(H3,15,16)(H,18,19);1-5,10,13H,6,8,12H2;1-2H3/t11-;;/m1../s1. The fourth-order valence-corrected chi connectivity index (χ4v) is 2.63. The molecule has 0 aliphatic carbocycles. The molecule has 0 heterocycles. The SMILES string of the molecule is CC.CC(C)(N)C(=O)N[C@H](COCc1ccccc1)C(=N)N.N#CC(CNN)Cc1ccccc1. The van der Waals surface area contributed by atoms with Gasteiger partial charge in [-0.05, 0) is 31.4 Å². The third-order valence-corrected chi connectivity index (χ3v) is 4.53. The highest BCUT2D eigenvalue weighted by atomic mass is 16.5. The van der Waals surface area contributed by atoms with Gasteiger partial charge in [0.15, 0.2) is 0 Å². The average molecular weight is 484 g/mol. The molecule has 0 aromatic heterocycles. The minimum atomic E-state index is -1.02. The highest BCUT2D eigenvalue weighted by Crippen LogP contribution is 2.06. The van der Waals surface area contributed by atoms with Crippen LogP contribution in [0.4, 0.5) is 0 Å². The van der Waals surface area contributed by atoms with E-state index in [4.69, 9.17) is 32.7 Å². The Morgan fingerprint density at radius 3 is 2.03 bits per heavy atom. The van der Waals surface area contributed by atoms with Crippen LogP contribution in [0.25, 0.3) is 0 Å². The molecule has 0 aliphatic heterocycles. The first kappa shape index (κ1) is 31.7. The quantitative estimate of drug-likeness (QED) is 0.123. The van der Waals surface area contributed by atoms with Crippen molar-refractivity contribution in [2.24, 2.45) is 23.2 Å². The number of ether oxygens (including phenoxy) is 1. The fraction of sp³-hybridized carbons (Fsp3) is 0.423. The molecule has 2 atom stereocenters. The van der Waals surface area contributed by atoms with Crippen LogP contribution >= 0.6 is 0 Å². The molecule has 2 aromatic carbocycles. The minimum Gasteiger partial charge on any atom is -0.386 e. The number of hydrazine groups is 1. The van der Waals surface area contributed by atoms with Crippen LogP contribution < -0.4 is 28.1 Å². The van der Waals surface area contributed by atoms with Crippen molar-refractivity contribution in [1.82, 2.24) is 10.7 Å². The molecular weight excluding hydrogens is 442 g/mol. The summed E-state index contributed by atoms with van der Waals surface area (Å²) in [6, 6.07) is 21.1. The fourth-order valence-electron chi connectivity index (χ4n) is 2.63. The molecule has 0 radical (unpaired) electrons. The molecule has 0 fully saturated rings. The van der Waals surface area contributed by atoms with Gasteiger partial charge in [0.1, 0.15) is 11.9 Å². The van der Waals surface area contributed by atoms with E-state index in [0.29, 0.717) is 13.2 Å². The number of benzene rings is 2. The monoisotopic (exact) mass is 483 g/mol. The molecule has 1 amide bonds. The molecule has 0 bridgehead atoms. The van der Waals surface area contributed by atoms with Crippen LogP contribution in [-0.2, 0) is 22.6 Å². The van der Waals surface area contributed by atoms with Crippen molar-refractivity contribution in [3.63, 3.8) is 0 Å². The summed E-state index contributed by atoms with van der Waals surface area (Å²) in [7, 11) is 0. The molecule has 2 aromatic rings. The van der Waals surface area contributed by atoms with Gasteiger partial charge in [-0.3, -0.25) is 21.5 Å². The summed E-state index contributed by atoms with van der Waals surface area (Å²) < 4.78 is 5.48. The predicted molar refractivity (Wildman–Crippen MR) is 141 cm³/mol. The Labute approximate surface area is 209 Å². The Balaban J connectivity index is 0.000000665. The Bertz CT molecular complexity index is 878. The molecule has 9 heteroatoms. The molecule has 9 nitrogen and oxygen atoms in total. The molecular formula is C26H41N7O2. The summed E-state index contributed by atoms with van der Waals surface area (Å²) in [6.45, 7) is 8.23. The Hall–Kier alpha value is -3.29. The maximum absolute atomic E-state index is 11.8. The van der Waals surface area contributed by atoms with E-state index in [2.05, 4.69) is 16.8 Å². The first-order valence-corrected chi connectivity index (χ1v) is 11.6. The van der Waals surface area contributed by atoms with Crippen molar-refractivity contribution in [2.45, 2.75) is 52.3 Å². The maximum atomic E-state index is 11.8. The number of carbonyl (C=O) groups is 1. The number of amidine groups is 1. The smallest absolute Gasteiger partial charge is 0.240 e. The lowest BCUT2D eigenvalue weighted by Gasteiger charge is -2.23. The first-order valence-electron chi connectivity index (χ1n) is 11.6. The average Bonchev–Trinajstić information content (AvgIpc) is 2.85. The minimum absolute atomic E-state index is 0.0487. The zero-order valence-electron chi connectivity index (χ0n) is 21.3. The summed E-state index contributed by atoms with van der Waals surface area (Å²) in [4.78, 5) is 11.8. The summed E-state index contributed by atoms with van der Waals surface area (Å²) in [5, 5.41) is 18.9. The van der Waals surface area contributed by atoms with Crippen molar-refractivity contribution in [3.8, 4) is 6.07 Å². The first-order chi connectivity index (χ1) is 16.7. The van der Waals surface area contributed by atoms with E-state index in [1.807, 2.05) is 74.5 Å². The van der Waals surface area contributed by atoms with Crippen LogP contribution in [0.5, 0.6) is 0 Å². The second-order valence-corrected chi connectivity index (χ2v) is 8.13. The van der Waals surface area contributed by atoms with Crippen molar-refractivity contribution in [3.05, 3.63) is 71.8 Å². The number of nitrogens with one attached hydrogen (secondary N) is 3. The van der Waals surface area contributed by atoms with Crippen molar-refractivity contribution >= 4 is 11.7 Å². The van der Waals surface area contributed by atoms with Gasteiger partial charge in [0.2, 0.25) is 5.91 Å². The van der Waals surface area contributed by atoms with Gasteiger partial charge >= 0.3 is 0 Å². The third-order valence-electron chi connectivity index (χ3n) is 4.53. The van der Waals surface area contributed by atoms with Crippen LogP contribution in [0.15, 0.2) is 60.7 Å². The van der Waals surface area contributed by atoms with E-state index in [-0.39, 0.29) is 24.3 Å². The number of amides is 1. The zero-order chi connectivity index (χ0) is 26.7. The Morgan fingerprint density at radius 1 is 1.09 bits per heavy atom. The molecule has 0 aliphatic rings. The van der Waals surface area contributed by atoms with E-state index in [1.54, 1.807) is 13.8 Å². The van der Waals surface area contributed by atoms with E-state index in [0.717, 1.165) is 12.0 Å². The largest absolute Gasteiger partial charge is 0.386 e. The number of hydrogen-bond donors (Lipinski definition) is 6. The van der Waals surface area contributed by atoms with Gasteiger partial charge in [0.05, 0.1) is 30.7 Å². The van der Waals surface area contributed by atoms with Crippen LogP contribution in [-0.4, -0.2) is 36.5 Å². The Morgan fingerprint density at radius 2 is 1.60 bits per heavy atom. The zero-order valence-corrected chi connectivity index (χ0v) is 21.3. The number of nitrogens with two attached hydrogens (primary N) is 3. The van der Waals surface area contributed by atoms with Gasteiger partial charge in [-0.25, -0.2) is 0 Å². The van der Waals surface area contributed by atoms with Crippen LogP contribution in [0, 0.1) is 22.7 Å². The van der Waals surface area contributed by atoms with E-state index >= 15 is 0 Å². The van der Waals surface area contributed by atoms with Crippen molar-refractivity contribution in [1.29, 1.82) is 10.7 Å². The van der Waals surface area contributed by atoms with Gasteiger partial charge in [-0.15, -0.1) is 0 Å². The normalized spacial score (nSPS) is 11.9. The van der Waals surface area contributed by atoms with Gasteiger partial charge in [-0.2, -0.15) is 5.26 Å². The van der Waals surface area contributed by atoms with E-state index < -0.39 is 11.6 Å². The van der Waals surface area contributed by atoms with Crippen molar-refractivity contribution in [2.75, 3.05) is 13.2 Å². The highest BCUT2D eigenvalue weighted by Gasteiger charge is 2.25. The molecule has 192 valence electrons. The highest BCUT2D eigenvalue weighted by molar-refractivity contribution is 5.91. The lowest BCUT2D eigenvalue weighted by Crippen LogP contribution is -2.56. The number of hydrogen-bond acceptors (Lipinski definition) is 7. The second kappa shape index (κ2) is 18.1. The topological polar surface area (TPSA) is 176 Å². The van der Waals surface area contributed by atoms with Gasteiger partial charge in [0, 0.05) is 6.54 Å². The predicted octanol–water partition coefficient (Wildman–Crippen LogP) is 2.22. The lowest BCUT2D eigenvalue weighted by molar-refractivity contribution is -0.125. The van der Waals surface area contributed by atoms with Crippen LogP contribution in [0.3, 0.4) is 0 Å². The van der Waals surface area contributed by atoms with Crippen LogP contribution in [0.1, 0.15) is 38.8 Å². The van der Waals surface area contributed by atoms with Gasteiger partial charge in [0.25, 0.3) is 0 Å².